The topological polar surface area (TPSA) is 66.5 Å². The van der Waals surface area contributed by atoms with Gasteiger partial charge in [-0.05, 0) is 23.8 Å². The molecule has 8 heteroatoms. The number of pyridine rings is 1. The summed E-state index contributed by atoms with van der Waals surface area (Å²) < 4.78 is 32.4. The van der Waals surface area contributed by atoms with E-state index in [1.54, 1.807) is 6.20 Å². The Morgan fingerprint density at radius 1 is 1.30 bits per heavy atom. The summed E-state index contributed by atoms with van der Waals surface area (Å²) in [6.45, 7) is 3.92. The molecule has 2 aromatic rings. The van der Waals surface area contributed by atoms with E-state index in [1.807, 2.05) is 12.1 Å². The zero-order valence-electron chi connectivity index (χ0n) is 14.7. The second-order valence-electron chi connectivity index (χ2n) is 6.66. The molecular formula is C19H20F2N4O2. The number of halogens is 2. The number of hydrogen-bond donors (Lipinski definition) is 2. The van der Waals surface area contributed by atoms with E-state index in [1.165, 1.54) is 6.07 Å². The quantitative estimate of drug-likeness (QED) is 0.847. The number of carbonyl (C=O) groups is 1. The standard InChI is InChI=1S/C19H20F2N4O2/c20-14-8-13-9-16(27-18(13)15(21)10-14)19(26)24-11-12-1-2-23-17(7-12)25-5-3-22-4-6-25/h1-2,7-8,10,16,22H,3-6,9,11H2,(H,24,26). The number of ether oxygens (including phenoxy) is 1. The van der Waals surface area contributed by atoms with Crippen LogP contribution in [0.2, 0.25) is 0 Å². The number of amides is 1. The summed E-state index contributed by atoms with van der Waals surface area (Å²) in [5, 5.41) is 6.10. The first-order chi connectivity index (χ1) is 13.1. The minimum absolute atomic E-state index is 0.0403. The molecule has 1 amide bonds. The lowest BCUT2D eigenvalue weighted by atomic mass is 10.1. The fourth-order valence-corrected chi connectivity index (χ4v) is 3.37. The zero-order valence-corrected chi connectivity index (χ0v) is 14.7. The van der Waals surface area contributed by atoms with Crippen molar-refractivity contribution in [2.24, 2.45) is 0 Å². The molecule has 1 atom stereocenters. The summed E-state index contributed by atoms with van der Waals surface area (Å²) in [6.07, 6.45) is 1.02. The van der Waals surface area contributed by atoms with Crippen LogP contribution in [0.25, 0.3) is 0 Å². The molecule has 2 aliphatic rings. The van der Waals surface area contributed by atoms with Crippen molar-refractivity contribution in [3.63, 3.8) is 0 Å². The van der Waals surface area contributed by atoms with Gasteiger partial charge in [0.2, 0.25) is 0 Å². The minimum atomic E-state index is -0.856. The highest BCUT2D eigenvalue weighted by Gasteiger charge is 2.31. The molecule has 2 N–H and O–H groups in total. The Hall–Kier alpha value is -2.74. The molecule has 0 spiro atoms. The molecule has 2 aliphatic heterocycles. The number of benzene rings is 1. The number of aromatic nitrogens is 1. The normalized spacial score (nSPS) is 18.7. The van der Waals surface area contributed by atoms with Crippen molar-refractivity contribution >= 4 is 11.7 Å². The van der Waals surface area contributed by atoms with Gasteiger partial charge in [-0.3, -0.25) is 4.79 Å². The fraction of sp³-hybridized carbons (Fsp3) is 0.368. The van der Waals surface area contributed by atoms with Crippen molar-refractivity contribution < 1.29 is 18.3 Å². The molecule has 6 nitrogen and oxygen atoms in total. The number of nitrogens with one attached hydrogen (secondary N) is 2. The average molecular weight is 374 g/mol. The van der Waals surface area contributed by atoms with Crippen molar-refractivity contribution in [2.75, 3.05) is 31.1 Å². The van der Waals surface area contributed by atoms with Gasteiger partial charge in [0, 0.05) is 57.0 Å². The molecule has 1 aromatic carbocycles. The van der Waals surface area contributed by atoms with Crippen LogP contribution < -0.4 is 20.3 Å². The molecule has 27 heavy (non-hydrogen) atoms. The smallest absolute Gasteiger partial charge is 0.261 e. The van der Waals surface area contributed by atoms with E-state index in [0.717, 1.165) is 43.6 Å². The Kier molecular flexibility index (Phi) is 4.89. The van der Waals surface area contributed by atoms with Gasteiger partial charge in [0.1, 0.15) is 11.6 Å². The average Bonchev–Trinajstić information content (AvgIpc) is 3.11. The molecule has 0 bridgehead atoms. The molecule has 142 valence electrons. The summed E-state index contributed by atoms with van der Waals surface area (Å²) in [7, 11) is 0. The summed E-state index contributed by atoms with van der Waals surface area (Å²) in [6, 6.07) is 5.75. The lowest BCUT2D eigenvalue weighted by Gasteiger charge is -2.28. The number of hydrogen-bond acceptors (Lipinski definition) is 5. The molecule has 0 radical (unpaired) electrons. The van der Waals surface area contributed by atoms with E-state index >= 15 is 0 Å². The summed E-state index contributed by atoms with van der Waals surface area (Å²) in [4.78, 5) is 19.0. The van der Waals surface area contributed by atoms with Crippen LogP contribution in [0.3, 0.4) is 0 Å². The number of carbonyl (C=O) groups excluding carboxylic acids is 1. The highest BCUT2D eigenvalue weighted by atomic mass is 19.1. The van der Waals surface area contributed by atoms with Crippen LogP contribution in [0, 0.1) is 11.6 Å². The lowest BCUT2D eigenvalue weighted by molar-refractivity contribution is -0.127. The van der Waals surface area contributed by atoms with Crippen LogP contribution in [0.1, 0.15) is 11.1 Å². The highest BCUT2D eigenvalue weighted by Crippen LogP contribution is 2.32. The maximum atomic E-state index is 13.7. The monoisotopic (exact) mass is 374 g/mol. The van der Waals surface area contributed by atoms with Crippen LogP contribution in [0.4, 0.5) is 14.6 Å². The van der Waals surface area contributed by atoms with Crippen molar-refractivity contribution in [3.05, 3.63) is 53.2 Å². The molecule has 4 rings (SSSR count). The number of rotatable bonds is 4. The Balaban J connectivity index is 1.37. The number of piperazine rings is 1. The Morgan fingerprint density at radius 3 is 2.93 bits per heavy atom. The van der Waals surface area contributed by atoms with Gasteiger partial charge in [-0.15, -0.1) is 0 Å². The van der Waals surface area contributed by atoms with Crippen LogP contribution in [-0.4, -0.2) is 43.2 Å². The van der Waals surface area contributed by atoms with Crippen molar-refractivity contribution in [3.8, 4) is 5.75 Å². The van der Waals surface area contributed by atoms with E-state index in [0.29, 0.717) is 12.1 Å². The van der Waals surface area contributed by atoms with Gasteiger partial charge in [-0.2, -0.15) is 0 Å². The second-order valence-corrected chi connectivity index (χ2v) is 6.66. The van der Waals surface area contributed by atoms with Gasteiger partial charge < -0.3 is 20.3 Å². The Bertz CT molecular complexity index is 856. The summed E-state index contributed by atoms with van der Waals surface area (Å²) in [5.74, 6) is -0.971. The number of fused-ring (bicyclic) bond motifs is 1. The van der Waals surface area contributed by atoms with Crippen molar-refractivity contribution in [1.82, 2.24) is 15.6 Å². The molecular weight excluding hydrogens is 354 g/mol. The van der Waals surface area contributed by atoms with Gasteiger partial charge in [-0.25, -0.2) is 13.8 Å². The van der Waals surface area contributed by atoms with E-state index in [-0.39, 0.29) is 18.1 Å². The number of anilines is 1. The zero-order chi connectivity index (χ0) is 18.8. The first-order valence-electron chi connectivity index (χ1n) is 8.93. The van der Waals surface area contributed by atoms with Crippen LogP contribution in [-0.2, 0) is 17.8 Å². The molecule has 3 heterocycles. The molecule has 0 aliphatic carbocycles. The third-order valence-corrected chi connectivity index (χ3v) is 4.76. The number of nitrogens with zero attached hydrogens (tertiary/aromatic N) is 2. The lowest BCUT2D eigenvalue weighted by Crippen LogP contribution is -2.44. The molecule has 1 saturated heterocycles. The van der Waals surface area contributed by atoms with E-state index in [4.69, 9.17) is 4.74 Å². The summed E-state index contributed by atoms with van der Waals surface area (Å²) >= 11 is 0. The van der Waals surface area contributed by atoms with Crippen molar-refractivity contribution in [1.29, 1.82) is 0 Å². The molecule has 1 aromatic heterocycles. The molecule has 0 saturated carbocycles. The maximum Gasteiger partial charge on any atom is 0.261 e. The maximum absolute atomic E-state index is 13.7. The fourth-order valence-electron chi connectivity index (χ4n) is 3.37. The van der Waals surface area contributed by atoms with Gasteiger partial charge in [0.05, 0.1) is 0 Å². The van der Waals surface area contributed by atoms with Gasteiger partial charge in [-0.1, -0.05) is 0 Å². The van der Waals surface area contributed by atoms with E-state index in [2.05, 4.69) is 20.5 Å². The second kappa shape index (κ2) is 7.48. The van der Waals surface area contributed by atoms with Gasteiger partial charge in [0.15, 0.2) is 17.7 Å². The van der Waals surface area contributed by atoms with Gasteiger partial charge in [0.25, 0.3) is 5.91 Å². The predicted molar refractivity (Wildman–Crippen MR) is 95.6 cm³/mol. The van der Waals surface area contributed by atoms with Crippen LogP contribution in [0.15, 0.2) is 30.5 Å². The molecule has 1 fully saturated rings. The first kappa shape index (κ1) is 17.7. The van der Waals surface area contributed by atoms with Gasteiger partial charge >= 0.3 is 0 Å². The Labute approximate surface area is 155 Å². The van der Waals surface area contributed by atoms with E-state index in [9.17, 15) is 13.6 Å². The largest absolute Gasteiger partial charge is 0.477 e. The minimum Gasteiger partial charge on any atom is -0.477 e. The predicted octanol–water partition coefficient (Wildman–Crippen LogP) is 1.39. The van der Waals surface area contributed by atoms with E-state index < -0.39 is 17.7 Å². The van der Waals surface area contributed by atoms with Crippen molar-refractivity contribution in [2.45, 2.75) is 19.1 Å². The summed E-state index contributed by atoms with van der Waals surface area (Å²) in [5.41, 5.74) is 1.29. The SMILES string of the molecule is O=C(NCc1ccnc(N2CCNCC2)c1)C1Cc2cc(F)cc(F)c2O1. The van der Waals surface area contributed by atoms with Crippen LogP contribution >= 0.6 is 0 Å². The molecule has 1 unspecified atom stereocenters. The Morgan fingerprint density at radius 2 is 2.11 bits per heavy atom. The third-order valence-electron chi connectivity index (χ3n) is 4.76. The first-order valence-corrected chi connectivity index (χ1v) is 8.93. The highest BCUT2D eigenvalue weighted by molar-refractivity contribution is 5.82. The third kappa shape index (κ3) is 3.85. The van der Waals surface area contributed by atoms with Crippen LogP contribution in [0.5, 0.6) is 5.75 Å².